The maximum absolute atomic E-state index is 14.7. The number of aliphatic hydroxyl groups excluding tert-OH is 1. The molecule has 0 saturated heterocycles. The largest absolute Gasteiger partial charge is 0.469 e. The summed E-state index contributed by atoms with van der Waals surface area (Å²) in [5.41, 5.74) is 1.80. The van der Waals surface area contributed by atoms with Crippen LogP contribution < -0.4 is 5.32 Å². The lowest BCUT2D eigenvalue weighted by atomic mass is 10.00. The van der Waals surface area contributed by atoms with Crippen molar-refractivity contribution in [3.63, 3.8) is 0 Å². The minimum Gasteiger partial charge on any atom is -0.469 e. The summed E-state index contributed by atoms with van der Waals surface area (Å²) in [6, 6.07) is 10.8. The minimum atomic E-state index is -0.771. The average Bonchev–Trinajstić information content (AvgIpc) is 2.93. The summed E-state index contributed by atoms with van der Waals surface area (Å²) in [4.78, 5) is 21.3. The van der Waals surface area contributed by atoms with E-state index < -0.39 is 23.9 Å². The number of benzene rings is 2. The van der Waals surface area contributed by atoms with Crippen molar-refractivity contribution in [1.82, 2.24) is 5.32 Å². The molecule has 1 unspecified atom stereocenters. The number of carbonyl (C=O) groups is 1. The van der Waals surface area contributed by atoms with Gasteiger partial charge in [0.1, 0.15) is 17.7 Å². The molecule has 2 N–H and O–H groups in total. The number of hydrogen-bond donors (Lipinski definition) is 2. The van der Waals surface area contributed by atoms with Gasteiger partial charge >= 0.3 is 5.97 Å². The summed E-state index contributed by atoms with van der Waals surface area (Å²) in [5, 5.41) is 13.6. The fourth-order valence-corrected chi connectivity index (χ4v) is 3.52. The summed E-state index contributed by atoms with van der Waals surface area (Å²) in [5.74, 6) is -0.383. The molecule has 9 heteroatoms. The monoisotopic (exact) mass is 461 g/mol. The van der Waals surface area contributed by atoms with Crippen molar-refractivity contribution in [3.05, 3.63) is 64.4 Å². The highest BCUT2D eigenvalue weighted by Crippen LogP contribution is 2.31. The smallest absolute Gasteiger partial charge is 0.305 e. The lowest BCUT2D eigenvalue weighted by molar-refractivity contribution is -0.140. The van der Waals surface area contributed by atoms with Gasteiger partial charge in [-0.3, -0.25) is 9.79 Å². The topological polar surface area (TPSA) is 92.5 Å². The standard InChI is InChI=1S/C23H25ClFN3O4/c1-31-13-15(29)12-26-23-20(9-10-21(30)32-2)27-22(16-5-3-4-6-18(16)25)17-11-14(24)7-8-19(17)28-23/h3-8,11,15,20,29H,9-10,12-13H2,1-2H3,(H,26,28)/t15?,20-/m0/s1. The first-order chi connectivity index (χ1) is 15.4. The molecule has 0 radical (unpaired) electrons. The van der Waals surface area contributed by atoms with Crippen LogP contribution in [0.4, 0.5) is 10.1 Å². The van der Waals surface area contributed by atoms with E-state index in [1.807, 2.05) is 0 Å². The third-order valence-corrected chi connectivity index (χ3v) is 5.15. The summed E-state index contributed by atoms with van der Waals surface area (Å²) >= 11 is 6.23. The lowest BCUT2D eigenvalue weighted by Crippen LogP contribution is -2.40. The van der Waals surface area contributed by atoms with Crippen LogP contribution in [0.3, 0.4) is 0 Å². The molecule has 0 aromatic heterocycles. The number of nitrogens with one attached hydrogen (secondary N) is 1. The molecule has 0 aliphatic carbocycles. The zero-order valence-electron chi connectivity index (χ0n) is 17.8. The van der Waals surface area contributed by atoms with Gasteiger partial charge in [-0.2, -0.15) is 0 Å². The van der Waals surface area contributed by atoms with Gasteiger partial charge < -0.3 is 19.9 Å². The van der Waals surface area contributed by atoms with Crippen LogP contribution in [0.25, 0.3) is 0 Å². The van der Waals surface area contributed by atoms with E-state index >= 15 is 0 Å². The molecule has 0 saturated carbocycles. The highest BCUT2D eigenvalue weighted by molar-refractivity contribution is 6.31. The molecule has 1 heterocycles. The molecule has 0 spiro atoms. The van der Waals surface area contributed by atoms with E-state index in [0.717, 1.165) is 0 Å². The number of aliphatic hydroxyl groups is 1. The van der Waals surface area contributed by atoms with Gasteiger partial charge in [-0.25, -0.2) is 9.38 Å². The Morgan fingerprint density at radius 2 is 2.03 bits per heavy atom. The average molecular weight is 462 g/mol. The van der Waals surface area contributed by atoms with Gasteiger partial charge in [0.25, 0.3) is 0 Å². The van der Waals surface area contributed by atoms with Crippen molar-refractivity contribution in [3.8, 4) is 0 Å². The molecule has 0 fully saturated rings. The van der Waals surface area contributed by atoms with Crippen LogP contribution in [-0.4, -0.2) is 62.1 Å². The van der Waals surface area contributed by atoms with E-state index in [1.165, 1.54) is 20.3 Å². The first kappa shape index (κ1) is 23.8. The Morgan fingerprint density at radius 1 is 1.25 bits per heavy atom. The van der Waals surface area contributed by atoms with E-state index in [0.29, 0.717) is 33.4 Å². The zero-order chi connectivity index (χ0) is 23.1. The number of esters is 1. The van der Waals surface area contributed by atoms with Crippen molar-refractivity contribution >= 4 is 34.8 Å². The van der Waals surface area contributed by atoms with Crippen LogP contribution in [0.1, 0.15) is 24.0 Å². The molecule has 0 amide bonds. The first-order valence-corrected chi connectivity index (χ1v) is 10.5. The van der Waals surface area contributed by atoms with Crippen LogP contribution in [0.5, 0.6) is 0 Å². The highest BCUT2D eigenvalue weighted by Gasteiger charge is 2.26. The second-order valence-corrected chi connectivity index (χ2v) is 7.67. The molecule has 3 rings (SSSR count). The van der Waals surface area contributed by atoms with E-state index in [1.54, 1.807) is 36.4 Å². The van der Waals surface area contributed by atoms with Crippen molar-refractivity contribution in [2.75, 3.05) is 27.4 Å². The number of ether oxygens (including phenoxy) is 2. The quantitative estimate of drug-likeness (QED) is 0.588. The highest BCUT2D eigenvalue weighted by atomic mass is 35.5. The molecular weight excluding hydrogens is 437 g/mol. The van der Waals surface area contributed by atoms with Crippen molar-refractivity contribution in [2.24, 2.45) is 9.98 Å². The Labute approximate surface area is 190 Å². The Balaban J connectivity index is 2.08. The number of halogens is 2. The fourth-order valence-electron chi connectivity index (χ4n) is 3.34. The molecule has 1 aliphatic heterocycles. The number of carbonyl (C=O) groups excluding carboxylic acids is 1. The Hall–Kier alpha value is -2.81. The van der Waals surface area contributed by atoms with Crippen molar-refractivity contribution in [2.45, 2.75) is 25.0 Å². The molecule has 1 aliphatic rings. The maximum Gasteiger partial charge on any atom is 0.305 e. The molecule has 0 bridgehead atoms. The Kier molecular flexibility index (Phi) is 8.33. The molecule has 170 valence electrons. The van der Waals surface area contributed by atoms with Crippen LogP contribution in [0.2, 0.25) is 5.02 Å². The van der Waals surface area contributed by atoms with E-state index in [-0.39, 0.29) is 26.0 Å². The van der Waals surface area contributed by atoms with Crippen LogP contribution in [0.15, 0.2) is 52.4 Å². The summed E-state index contributed by atoms with van der Waals surface area (Å²) in [6.07, 6.45) is -0.404. The second kappa shape index (κ2) is 11.2. The predicted octanol–water partition coefficient (Wildman–Crippen LogP) is 3.28. The van der Waals surface area contributed by atoms with Gasteiger partial charge in [-0.05, 0) is 36.8 Å². The number of amidine groups is 1. The normalized spacial score (nSPS) is 16.3. The molecular formula is C23H25ClFN3O4. The van der Waals surface area contributed by atoms with Crippen LogP contribution in [-0.2, 0) is 14.3 Å². The summed E-state index contributed by atoms with van der Waals surface area (Å²) < 4.78 is 24.5. The second-order valence-electron chi connectivity index (χ2n) is 7.24. The minimum absolute atomic E-state index is 0.0909. The fraction of sp³-hybridized carbons (Fsp3) is 0.348. The number of methoxy groups -OCH3 is 2. The number of hydrogen-bond acceptors (Lipinski definition) is 7. The van der Waals surface area contributed by atoms with Gasteiger partial charge in [-0.15, -0.1) is 0 Å². The molecule has 2 aromatic carbocycles. The molecule has 7 nitrogen and oxygen atoms in total. The van der Waals surface area contributed by atoms with Crippen molar-refractivity contribution < 1.29 is 23.8 Å². The third-order valence-electron chi connectivity index (χ3n) is 4.91. The van der Waals surface area contributed by atoms with E-state index in [9.17, 15) is 14.3 Å². The van der Waals surface area contributed by atoms with Crippen LogP contribution in [0, 0.1) is 5.82 Å². The van der Waals surface area contributed by atoms with E-state index in [4.69, 9.17) is 31.1 Å². The first-order valence-electron chi connectivity index (χ1n) is 10.1. The zero-order valence-corrected chi connectivity index (χ0v) is 18.6. The van der Waals surface area contributed by atoms with Crippen LogP contribution >= 0.6 is 11.6 Å². The molecule has 32 heavy (non-hydrogen) atoms. The lowest BCUT2D eigenvalue weighted by Gasteiger charge is -2.18. The number of aliphatic imine (C=N–C) groups is 2. The Bertz CT molecular complexity index is 1030. The van der Waals surface area contributed by atoms with E-state index in [2.05, 4.69) is 5.32 Å². The van der Waals surface area contributed by atoms with Gasteiger partial charge in [-0.1, -0.05) is 23.7 Å². The number of rotatable bonds is 8. The van der Waals surface area contributed by atoms with Crippen molar-refractivity contribution in [1.29, 1.82) is 0 Å². The Morgan fingerprint density at radius 3 is 2.75 bits per heavy atom. The molecule has 2 atom stereocenters. The van der Waals surface area contributed by atoms with Gasteiger partial charge in [0.05, 0.1) is 31.2 Å². The summed E-state index contributed by atoms with van der Waals surface area (Å²) in [6.45, 7) is 0.303. The van der Waals surface area contributed by atoms with Gasteiger partial charge in [0, 0.05) is 36.2 Å². The third kappa shape index (κ3) is 5.91. The predicted molar refractivity (Wildman–Crippen MR) is 122 cm³/mol. The number of fused-ring (bicyclic) bond motifs is 1. The maximum atomic E-state index is 14.7. The van der Waals surface area contributed by atoms with Gasteiger partial charge in [0.2, 0.25) is 0 Å². The number of nitrogens with zero attached hydrogens (tertiary/aromatic N) is 2. The van der Waals surface area contributed by atoms with Gasteiger partial charge in [0.15, 0.2) is 0 Å². The summed E-state index contributed by atoms with van der Waals surface area (Å²) in [7, 11) is 2.81. The SMILES string of the molecule is COCC(O)CNC1=Nc2ccc(Cl)cc2C(c2ccccc2F)=N[C@H]1CCC(=O)OC. The molecule has 2 aromatic rings.